The van der Waals surface area contributed by atoms with E-state index in [4.69, 9.17) is 11.2 Å². The molecule has 0 atom stereocenters. The van der Waals surface area contributed by atoms with Gasteiger partial charge in [0, 0.05) is 32.6 Å². The van der Waals surface area contributed by atoms with Crippen LogP contribution in [0.3, 0.4) is 0 Å². The summed E-state index contributed by atoms with van der Waals surface area (Å²) < 4.78 is 5.19. The molecule has 13 heavy (non-hydrogen) atoms. The number of hydrogen-bond acceptors (Lipinski definition) is 3. The van der Waals surface area contributed by atoms with Crippen LogP contribution in [0.5, 0.6) is 0 Å². The molecule has 1 N–H and O–H groups in total. The molecular weight excluding hydrogens is 166 g/mol. The van der Waals surface area contributed by atoms with Crippen LogP contribution in [-0.4, -0.2) is 49.0 Å². The second-order valence-electron chi connectivity index (χ2n) is 3.71. The maximum absolute atomic E-state index is 10.1. The van der Waals surface area contributed by atoms with Gasteiger partial charge in [-0.1, -0.05) is 5.92 Å². The molecule has 0 radical (unpaired) electrons. The zero-order chi connectivity index (χ0) is 9.73. The van der Waals surface area contributed by atoms with Crippen LogP contribution in [0.25, 0.3) is 0 Å². The lowest BCUT2D eigenvalue weighted by atomic mass is 9.94. The summed E-state index contributed by atoms with van der Waals surface area (Å²) in [6.07, 6.45) is 6.60. The van der Waals surface area contributed by atoms with Gasteiger partial charge in [-0.15, -0.1) is 6.42 Å². The average molecular weight is 183 g/mol. The first-order valence-corrected chi connectivity index (χ1v) is 4.58. The van der Waals surface area contributed by atoms with Crippen molar-refractivity contribution in [1.29, 1.82) is 0 Å². The number of terminal acetylenes is 1. The van der Waals surface area contributed by atoms with Crippen molar-refractivity contribution in [2.75, 3.05) is 33.4 Å². The minimum Gasteiger partial charge on any atom is -0.388 e. The van der Waals surface area contributed by atoms with E-state index in [-0.39, 0.29) is 0 Å². The summed E-state index contributed by atoms with van der Waals surface area (Å²) in [6.45, 7) is 2.53. The highest BCUT2D eigenvalue weighted by Crippen LogP contribution is 2.20. The lowest BCUT2D eigenvalue weighted by Crippen LogP contribution is -2.45. The van der Waals surface area contributed by atoms with Gasteiger partial charge in [-0.2, -0.15) is 0 Å². The Hall–Kier alpha value is -0.560. The van der Waals surface area contributed by atoms with Crippen molar-refractivity contribution < 1.29 is 9.84 Å². The smallest absolute Gasteiger partial charge is 0.0818 e. The van der Waals surface area contributed by atoms with E-state index in [9.17, 15) is 5.11 Å². The molecule has 74 valence electrons. The van der Waals surface area contributed by atoms with Crippen molar-refractivity contribution in [3.05, 3.63) is 0 Å². The topological polar surface area (TPSA) is 32.7 Å². The molecule has 1 aliphatic rings. The Morgan fingerprint density at radius 3 is 2.69 bits per heavy atom. The fourth-order valence-corrected chi connectivity index (χ4v) is 1.62. The Bertz CT molecular complexity index is 192. The summed E-state index contributed by atoms with van der Waals surface area (Å²) >= 11 is 0. The average Bonchev–Trinajstić information content (AvgIpc) is 2.04. The van der Waals surface area contributed by atoms with Gasteiger partial charge in [0.1, 0.15) is 0 Å². The molecule has 0 unspecified atom stereocenters. The molecule has 3 nitrogen and oxygen atoms in total. The zero-order valence-electron chi connectivity index (χ0n) is 8.12. The molecule has 1 rings (SSSR count). The number of rotatable bonds is 3. The van der Waals surface area contributed by atoms with Gasteiger partial charge in [0.15, 0.2) is 0 Å². The molecule has 1 saturated heterocycles. The molecular formula is C10H17NO2. The molecule has 0 aromatic carbocycles. The van der Waals surface area contributed by atoms with E-state index in [1.807, 2.05) is 11.9 Å². The Morgan fingerprint density at radius 2 is 2.15 bits per heavy atom. The first-order valence-electron chi connectivity index (χ1n) is 4.58. The molecule has 0 saturated carbocycles. The summed E-state index contributed by atoms with van der Waals surface area (Å²) in [5, 5.41) is 10.1. The Morgan fingerprint density at radius 1 is 1.54 bits per heavy atom. The molecule has 1 aliphatic heterocycles. The molecule has 0 amide bonds. The summed E-state index contributed by atoms with van der Waals surface area (Å²) in [5.41, 5.74) is -0.593. The van der Waals surface area contributed by atoms with E-state index in [1.165, 1.54) is 0 Å². The molecule has 1 fully saturated rings. The minimum absolute atomic E-state index is 0.586. The SMILES string of the molecule is C#CCN(C)CC1(O)CCOCC1. The Balaban J connectivity index is 2.36. The summed E-state index contributed by atoms with van der Waals surface area (Å²) in [6, 6.07) is 0. The van der Waals surface area contributed by atoms with Crippen LogP contribution in [0.4, 0.5) is 0 Å². The number of nitrogens with zero attached hydrogens (tertiary/aromatic N) is 1. The third-order valence-corrected chi connectivity index (χ3v) is 2.35. The normalized spacial score (nSPS) is 21.4. The van der Waals surface area contributed by atoms with Crippen LogP contribution in [0.15, 0.2) is 0 Å². The Labute approximate surface area is 79.7 Å². The van der Waals surface area contributed by atoms with Gasteiger partial charge < -0.3 is 9.84 Å². The molecule has 0 aromatic heterocycles. The molecule has 1 heterocycles. The quantitative estimate of drug-likeness (QED) is 0.630. The number of ether oxygens (including phenoxy) is 1. The van der Waals surface area contributed by atoms with E-state index in [1.54, 1.807) is 0 Å². The number of hydrogen-bond donors (Lipinski definition) is 1. The summed E-state index contributed by atoms with van der Waals surface area (Å²) in [4.78, 5) is 1.96. The summed E-state index contributed by atoms with van der Waals surface area (Å²) in [7, 11) is 1.92. The van der Waals surface area contributed by atoms with E-state index < -0.39 is 5.60 Å². The van der Waals surface area contributed by atoms with E-state index in [2.05, 4.69) is 5.92 Å². The maximum atomic E-state index is 10.1. The molecule has 3 heteroatoms. The van der Waals surface area contributed by atoms with Crippen LogP contribution in [0, 0.1) is 12.3 Å². The van der Waals surface area contributed by atoms with Crippen LogP contribution in [-0.2, 0) is 4.74 Å². The van der Waals surface area contributed by atoms with Gasteiger partial charge in [-0.25, -0.2) is 0 Å². The minimum atomic E-state index is -0.593. The highest BCUT2D eigenvalue weighted by Gasteiger charge is 2.30. The first-order chi connectivity index (χ1) is 6.16. The van der Waals surface area contributed by atoms with E-state index in [0.717, 1.165) is 0 Å². The number of aliphatic hydroxyl groups is 1. The van der Waals surface area contributed by atoms with Gasteiger partial charge in [0.05, 0.1) is 12.1 Å². The van der Waals surface area contributed by atoms with Gasteiger partial charge in [0.2, 0.25) is 0 Å². The largest absolute Gasteiger partial charge is 0.388 e. The second kappa shape index (κ2) is 4.61. The van der Waals surface area contributed by atoms with Crippen LogP contribution in [0.2, 0.25) is 0 Å². The van der Waals surface area contributed by atoms with Crippen molar-refractivity contribution in [3.8, 4) is 12.3 Å². The van der Waals surface area contributed by atoms with Crippen LogP contribution < -0.4 is 0 Å². The molecule has 0 aliphatic carbocycles. The van der Waals surface area contributed by atoms with Crippen LogP contribution in [0.1, 0.15) is 12.8 Å². The molecule has 0 aromatic rings. The van der Waals surface area contributed by atoms with Gasteiger partial charge in [0.25, 0.3) is 0 Å². The molecule has 0 spiro atoms. The highest BCUT2D eigenvalue weighted by molar-refractivity contribution is 4.91. The van der Waals surface area contributed by atoms with Gasteiger partial charge in [-0.3, -0.25) is 4.90 Å². The highest BCUT2D eigenvalue weighted by atomic mass is 16.5. The second-order valence-corrected chi connectivity index (χ2v) is 3.71. The van der Waals surface area contributed by atoms with Gasteiger partial charge >= 0.3 is 0 Å². The lowest BCUT2D eigenvalue weighted by molar-refractivity contribution is -0.0754. The predicted molar refractivity (Wildman–Crippen MR) is 51.3 cm³/mol. The van der Waals surface area contributed by atoms with Crippen molar-refractivity contribution >= 4 is 0 Å². The third kappa shape index (κ3) is 3.35. The van der Waals surface area contributed by atoms with Crippen molar-refractivity contribution in [1.82, 2.24) is 4.90 Å². The lowest BCUT2D eigenvalue weighted by Gasteiger charge is -2.34. The molecule has 0 bridgehead atoms. The van der Waals surface area contributed by atoms with E-state index in [0.29, 0.717) is 39.1 Å². The van der Waals surface area contributed by atoms with Crippen molar-refractivity contribution in [2.45, 2.75) is 18.4 Å². The van der Waals surface area contributed by atoms with Crippen molar-refractivity contribution in [3.63, 3.8) is 0 Å². The fraction of sp³-hybridized carbons (Fsp3) is 0.800. The first kappa shape index (κ1) is 10.5. The third-order valence-electron chi connectivity index (χ3n) is 2.35. The van der Waals surface area contributed by atoms with E-state index >= 15 is 0 Å². The van der Waals surface area contributed by atoms with Crippen molar-refractivity contribution in [2.24, 2.45) is 0 Å². The maximum Gasteiger partial charge on any atom is 0.0818 e. The van der Waals surface area contributed by atoms with Crippen LogP contribution >= 0.6 is 0 Å². The Kier molecular flexibility index (Phi) is 3.73. The fourth-order valence-electron chi connectivity index (χ4n) is 1.62. The summed E-state index contributed by atoms with van der Waals surface area (Å²) in [5.74, 6) is 2.56. The monoisotopic (exact) mass is 183 g/mol. The van der Waals surface area contributed by atoms with Gasteiger partial charge in [-0.05, 0) is 7.05 Å². The predicted octanol–water partition coefficient (Wildman–Crippen LogP) is 0.0929. The zero-order valence-corrected chi connectivity index (χ0v) is 8.12. The number of likely N-dealkylation sites (N-methyl/N-ethyl adjacent to an activating group) is 1. The standard InChI is InChI=1S/C10H17NO2/c1-3-6-11(2)9-10(12)4-7-13-8-5-10/h1,12H,4-9H2,2H3.